The fraction of sp³-hybridized carbons (Fsp3) is 0.400. The monoisotopic (exact) mass is 471 g/mol. The van der Waals surface area contributed by atoms with Crippen LogP contribution in [0.25, 0.3) is 0 Å². The van der Waals surface area contributed by atoms with Gasteiger partial charge in [-0.25, -0.2) is 9.59 Å². The van der Waals surface area contributed by atoms with E-state index in [0.29, 0.717) is 5.56 Å². The number of carbonyl (C=O) groups is 3. The number of benzene rings is 2. The summed E-state index contributed by atoms with van der Waals surface area (Å²) < 4.78 is 15.8. The van der Waals surface area contributed by atoms with Crippen LogP contribution in [0.2, 0.25) is 0 Å². The van der Waals surface area contributed by atoms with Crippen molar-refractivity contribution in [3.63, 3.8) is 0 Å². The van der Waals surface area contributed by atoms with E-state index < -0.39 is 29.7 Å². The second kappa shape index (κ2) is 13.8. The quantitative estimate of drug-likeness (QED) is 0.433. The van der Waals surface area contributed by atoms with E-state index in [1.165, 1.54) is 0 Å². The summed E-state index contributed by atoms with van der Waals surface area (Å²) >= 11 is 0. The van der Waals surface area contributed by atoms with Gasteiger partial charge in [0.2, 0.25) is 5.91 Å². The van der Waals surface area contributed by atoms with Crippen molar-refractivity contribution in [3.8, 4) is 0 Å². The van der Waals surface area contributed by atoms with Gasteiger partial charge in [-0.2, -0.15) is 0 Å². The zero-order valence-corrected chi connectivity index (χ0v) is 19.8. The molecule has 0 aliphatic heterocycles. The number of alkyl carbamates (subject to hydrolysis) is 2. The smallest absolute Gasteiger partial charge is 0.408 e. The lowest BCUT2D eigenvalue weighted by Gasteiger charge is -2.20. The number of ether oxygens (including phenoxy) is 3. The Morgan fingerprint density at radius 2 is 1.41 bits per heavy atom. The molecule has 1 atom stereocenters. The van der Waals surface area contributed by atoms with Crippen molar-refractivity contribution < 1.29 is 28.6 Å². The third kappa shape index (κ3) is 10.8. The molecule has 0 fully saturated rings. The molecule has 0 bridgehead atoms. The molecule has 2 aromatic rings. The van der Waals surface area contributed by atoms with E-state index in [0.717, 1.165) is 5.56 Å². The third-order valence-corrected chi connectivity index (χ3v) is 4.33. The van der Waals surface area contributed by atoms with Gasteiger partial charge in [0, 0.05) is 13.1 Å². The topological polar surface area (TPSA) is 115 Å². The van der Waals surface area contributed by atoms with E-state index in [1.807, 2.05) is 36.4 Å². The average Bonchev–Trinajstić information content (AvgIpc) is 2.80. The Morgan fingerprint density at radius 1 is 0.824 bits per heavy atom. The third-order valence-electron chi connectivity index (χ3n) is 4.33. The summed E-state index contributed by atoms with van der Waals surface area (Å²) in [5, 5.41) is 7.95. The molecule has 9 nitrogen and oxygen atoms in total. The summed E-state index contributed by atoms with van der Waals surface area (Å²) in [4.78, 5) is 36.6. The molecule has 9 heteroatoms. The van der Waals surface area contributed by atoms with Crippen LogP contribution >= 0.6 is 0 Å². The maximum atomic E-state index is 12.8. The van der Waals surface area contributed by atoms with E-state index in [1.54, 1.807) is 45.0 Å². The maximum absolute atomic E-state index is 12.8. The molecule has 0 aromatic heterocycles. The average molecular weight is 472 g/mol. The highest BCUT2D eigenvalue weighted by atomic mass is 16.6. The summed E-state index contributed by atoms with van der Waals surface area (Å²) in [7, 11) is 0. The molecule has 3 amide bonds. The molecule has 3 N–H and O–H groups in total. The molecule has 184 valence electrons. The summed E-state index contributed by atoms with van der Waals surface area (Å²) in [6.07, 6.45) is -1.21. The summed E-state index contributed by atoms with van der Waals surface area (Å²) in [6, 6.07) is 17.3. The second-order valence-corrected chi connectivity index (χ2v) is 8.38. The van der Waals surface area contributed by atoms with Crippen LogP contribution in [-0.4, -0.2) is 50.0 Å². The van der Waals surface area contributed by atoms with Crippen LogP contribution in [0.3, 0.4) is 0 Å². The molecule has 34 heavy (non-hydrogen) atoms. The molecule has 2 aromatic carbocycles. The Balaban J connectivity index is 1.75. The molecule has 2 rings (SSSR count). The van der Waals surface area contributed by atoms with Crippen LogP contribution in [0.4, 0.5) is 9.59 Å². The van der Waals surface area contributed by atoms with Gasteiger partial charge in [0.1, 0.15) is 18.2 Å². The van der Waals surface area contributed by atoms with Crippen molar-refractivity contribution in [2.45, 2.75) is 39.0 Å². The van der Waals surface area contributed by atoms with E-state index >= 15 is 0 Å². The lowest BCUT2D eigenvalue weighted by Crippen LogP contribution is -2.41. The van der Waals surface area contributed by atoms with Gasteiger partial charge in [-0.1, -0.05) is 60.7 Å². The number of hydrogen-bond acceptors (Lipinski definition) is 6. The molecule has 0 radical (unpaired) electrons. The predicted octanol–water partition coefficient (Wildman–Crippen LogP) is 3.31. The van der Waals surface area contributed by atoms with Gasteiger partial charge in [-0.05, 0) is 31.9 Å². The molecular formula is C25H33N3O6. The summed E-state index contributed by atoms with van der Waals surface area (Å²) in [5.74, 6) is -0.390. The Kier molecular flexibility index (Phi) is 10.9. The fourth-order valence-electron chi connectivity index (χ4n) is 2.82. The van der Waals surface area contributed by atoms with Gasteiger partial charge in [0.15, 0.2) is 0 Å². The molecule has 0 unspecified atom stereocenters. The van der Waals surface area contributed by atoms with E-state index in [9.17, 15) is 14.4 Å². The van der Waals surface area contributed by atoms with Crippen molar-refractivity contribution in [2.75, 3.05) is 26.3 Å². The van der Waals surface area contributed by atoms with E-state index in [4.69, 9.17) is 14.2 Å². The lowest BCUT2D eigenvalue weighted by atomic mass is 10.1. The Bertz CT molecular complexity index is 900. The SMILES string of the molecule is CC(C)(C)OC(=O)NCCOCCNC(=O)[C@@H](NC(=O)OCc1ccccc1)c1ccccc1. The Labute approximate surface area is 200 Å². The molecule has 0 spiro atoms. The first kappa shape index (κ1) is 26.7. The van der Waals surface area contributed by atoms with E-state index in [2.05, 4.69) is 16.0 Å². The molecule has 0 aliphatic carbocycles. The van der Waals surface area contributed by atoms with Gasteiger partial charge in [-0.15, -0.1) is 0 Å². The van der Waals surface area contributed by atoms with Gasteiger partial charge >= 0.3 is 12.2 Å². The Morgan fingerprint density at radius 3 is 2.03 bits per heavy atom. The first-order valence-electron chi connectivity index (χ1n) is 11.1. The second-order valence-electron chi connectivity index (χ2n) is 8.38. The van der Waals surface area contributed by atoms with Crippen LogP contribution in [0.15, 0.2) is 60.7 Å². The van der Waals surface area contributed by atoms with Crippen molar-refractivity contribution in [1.29, 1.82) is 0 Å². The molecular weight excluding hydrogens is 438 g/mol. The van der Waals surface area contributed by atoms with Gasteiger partial charge < -0.3 is 30.2 Å². The highest BCUT2D eigenvalue weighted by Crippen LogP contribution is 2.13. The molecule has 0 aliphatic rings. The first-order chi connectivity index (χ1) is 16.2. The predicted molar refractivity (Wildman–Crippen MR) is 127 cm³/mol. The van der Waals surface area contributed by atoms with Crippen molar-refractivity contribution >= 4 is 18.1 Å². The van der Waals surface area contributed by atoms with Gasteiger partial charge in [0.25, 0.3) is 0 Å². The number of hydrogen-bond donors (Lipinski definition) is 3. The molecule has 0 saturated heterocycles. The van der Waals surface area contributed by atoms with Crippen LogP contribution in [-0.2, 0) is 25.6 Å². The van der Waals surface area contributed by atoms with Crippen molar-refractivity contribution in [1.82, 2.24) is 16.0 Å². The normalized spacial score (nSPS) is 11.7. The lowest BCUT2D eigenvalue weighted by molar-refractivity contribution is -0.123. The van der Waals surface area contributed by atoms with Crippen LogP contribution in [0.1, 0.15) is 37.9 Å². The minimum absolute atomic E-state index is 0.0982. The van der Waals surface area contributed by atoms with Crippen LogP contribution in [0.5, 0.6) is 0 Å². The van der Waals surface area contributed by atoms with Crippen LogP contribution < -0.4 is 16.0 Å². The van der Waals surface area contributed by atoms with Gasteiger partial charge in [-0.3, -0.25) is 4.79 Å². The van der Waals surface area contributed by atoms with Crippen LogP contribution in [0, 0.1) is 0 Å². The fourth-order valence-corrected chi connectivity index (χ4v) is 2.82. The van der Waals surface area contributed by atoms with Crippen molar-refractivity contribution in [2.24, 2.45) is 0 Å². The minimum atomic E-state index is -0.918. The summed E-state index contributed by atoms with van der Waals surface area (Å²) in [6.45, 7) is 6.47. The number of nitrogens with one attached hydrogen (secondary N) is 3. The highest BCUT2D eigenvalue weighted by molar-refractivity contribution is 5.86. The zero-order chi connectivity index (χ0) is 24.8. The number of carbonyl (C=O) groups excluding carboxylic acids is 3. The molecule has 0 saturated carbocycles. The van der Waals surface area contributed by atoms with Gasteiger partial charge in [0.05, 0.1) is 13.2 Å². The van der Waals surface area contributed by atoms with E-state index in [-0.39, 0.29) is 32.9 Å². The minimum Gasteiger partial charge on any atom is -0.445 e. The first-order valence-corrected chi connectivity index (χ1v) is 11.1. The van der Waals surface area contributed by atoms with Crippen molar-refractivity contribution in [3.05, 3.63) is 71.8 Å². The molecule has 0 heterocycles. The standard InChI is InChI=1S/C25H33N3O6/c1-25(2,3)34-23(30)27-15-17-32-16-14-26-22(29)21(20-12-8-5-9-13-20)28-24(31)33-18-19-10-6-4-7-11-19/h4-13,21H,14-18H2,1-3H3,(H,26,29)(H,27,30)(H,28,31)/t21-/m0/s1. The number of amides is 3. The highest BCUT2D eigenvalue weighted by Gasteiger charge is 2.23. The largest absolute Gasteiger partial charge is 0.445 e. The Hall–Kier alpha value is -3.59. The maximum Gasteiger partial charge on any atom is 0.408 e. The number of rotatable bonds is 11. The zero-order valence-electron chi connectivity index (χ0n) is 19.8. The summed E-state index contributed by atoms with van der Waals surface area (Å²) in [5.41, 5.74) is 0.905.